The summed E-state index contributed by atoms with van der Waals surface area (Å²) in [6, 6.07) is 13.1. The molecule has 0 aliphatic carbocycles. The van der Waals surface area contributed by atoms with E-state index in [-0.39, 0.29) is 31.2 Å². The number of nitrogens with zero attached hydrogens (tertiary/aromatic N) is 2. The summed E-state index contributed by atoms with van der Waals surface area (Å²) in [5.41, 5.74) is 1.53. The Bertz CT molecular complexity index is 1100. The highest BCUT2D eigenvalue weighted by Gasteiger charge is 2.16. The van der Waals surface area contributed by atoms with Gasteiger partial charge in [-0.3, -0.25) is 9.59 Å². The number of terminal acetylenes is 1. The Morgan fingerprint density at radius 1 is 1.23 bits per heavy atom. The van der Waals surface area contributed by atoms with Crippen molar-refractivity contribution in [2.24, 2.45) is 0 Å². The maximum absolute atomic E-state index is 13.8. The van der Waals surface area contributed by atoms with Crippen molar-refractivity contribution in [3.8, 4) is 23.7 Å². The predicted molar refractivity (Wildman–Crippen MR) is 111 cm³/mol. The van der Waals surface area contributed by atoms with Gasteiger partial charge in [0.1, 0.15) is 5.82 Å². The standard InChI is InChI=1S/C23H20FN3O3/c1-3-16-7-6-8-17(13-16)26-21(28)15-27(2)23(29)12-11-22-25-14-20(30-22)18-9-4-5-10-19(18)24/h1,4-10,13-14H,11-12,15H2,2H3,(H,26,28). The maximum Gasteiger partial charge on any atom is 0.243 e. The van der Waals surface area contributed by atoms with Crippen molar-refractivity contribution >= 4 is 17.5 Å². The fraction of sp³-hybridized carbons (Fsp3) is 0.174. The molecule has 0 saturated carbocycles. The van der Waals surface area contributed by atoms with E-state index in [1.165, 1.54) is 17.2 Å². The highest BCUT2D eigenvalue weighted by atomic mass is 19.1. The Labute approximate surface area is 173 Å². The van der Waals surface area contributed by atoms with E-state index in [0.29, 0.717) is 28.5 Å². The second-order valence-corrected chi connectivity index (χ2v) is 6.62. The van der Waals surface area contributed by atoms with Crippen LogP contribution in [0, 0.1) is 18.2 Å². The fourth-order valence-corrected chi connectivity index (χ4v) is 2.81. The number of amides is 2. The van der Waals surface area contributed by atoms with Gasteiger partial charge < -0.3 is 14.6 Å². The van der Waals surface area contributed by atoms with Crippen molar-refractivity contribution in [3.05, 3.63) is 72.0 Å². The average Bonchev–Trinajstić information content (AvgIpc) is 3.21. The van der Waals surface area contributed by atoms with Crippen molar-refractivity contribution in [2.75, 3.05) is 18.9 Å². The number of aryl methyl sites for hydroxylation is 1. The molecule has 1 heterocycles. The summed E-state index contributed by atoms with van der Waals surface area (Å²) in [6.45, 7) is -0.106. The van der Waals surface area contributed by atoms with E-state index in [9.17, 15) is 14.0 Å². The lowest BCUT2D eigenvalue weighted by Gasteiger charge is -2.16. The molecule has 0 radical (unpaired) electrons. The van der Waals surface area contributed by atoms with Gasteiger partial charge in [-0.05, 0) is 30.3 Å². The molecule has 0 aliphatic heterocycles. The van der Waals surface area contributed by atoms with Gasteiger partial charge in [0.2, 0.25) is 11.8 Å². The molecule has 0 aliphatic rings. The quantitative estimate of drug-likeness (QED) is 0.611. The first kappa shape index (κ1) is 20.8. The van der Waals surface area contributed by atoms with E-state index in [2.05, 4.69) is 16.2 Å². The Morgan fingerprint density at radius 3 is 2.80 bits per heavy atom. The summed E-state index contributed by atoms with van der Waals surface area (Å²) in [5.74, 6) is 2.14. The third-order valence-electron chi connectivity index (χ3n) is 4.37. The number of hydrogen-bond donors (Lipinski definition) is 1. The molecule has 0 saturated heterocycles. The van der Waals surface area contributed by atoms with Crippen molar-refractivity contribution in [1.29, 1.82) is 0 Å². The first-order valence-electron chi connectivity index (χ1n) is 9.26. The van der Waals surface area contributed by atoms with E-state index in [0.717, 1.165) is 0 Å². The summed E-state index contributed by atoms with van der Waals surface area (Å²) in [4.78, 5) is 29.9. The van der Waals surface area contributed by atoms with Crippen LogP contribution in [0.15, 0.2) is 59.1 Å². The Balaban J connectivity index is 1.50. The highest BCUT2D eigenvalue weighted by Crippen LogP contribution is 2.23. The summed E-state index contributed by atoms with van der Waals surface area (Å²) in [7, 11) is 1.54. The number of benzene rings is 2. The van der Waals surface area contributed by atoms with Gasteiger partial charge in [0.05, 0.1) is 18.3 Å². The van der Waals surface area contributed by atoms with Crippen LogP contribution in [0.4, 0.5) is 10.1 Å². The number of halogens is 1. The zero-order valence-corrected chi connectivity index (χ0v) is 16.4. The predicted octanol–water partition coefficient (Wildman–Crippen LogP) is 3.49. The summed E-state index contributed by atoms with van der Waals surface area (Å²) >= 11 is 0. The lowest BCUT2D eigenvalue weighted by Crippen LogP contribution is -2.35. The first-order valence-corrected chi connectivity index (χ1v) is 9.26. The summed E-state index contributed by atoms with van der Waals surface area (Å²) < 4.78 is 19.4. The number of aromatic nitrogens is 1. The zero-order chi connectivity index (χ0) is 21.5. The molecule has 0 fully saturated rings. The molecule has 7 heteroatoms. The molecule has 3 aromatic rings. The number of anilines is 1. The molecule has 1 N–H and O–H groups in total. The van der Waals surface area contributed by atoms with Crippen molar-refractivity contribution in [2.45, 2.75) is 12.8 Å². The molecule has 0 unspecified atom stereocenters. The van der Waals surface area contributed by atoms with Crippen LogP contribution in [0.1, 0.15) is 17.9 Å². The van der Waals surface area contributed by atoms with Gasteiger partial charge in [-0.1, -0.05) is 24.1 Å². The lowest BCUT2D eigenvalue weighted by molar-refractivity contribution is -0.133. The highest BCUT2D eigenvalue weighted by molar-refractivity contribution is 5.94. The lowest BCUT2D eigenvalue weighted by atomic mass is 10.2. The molecular formula is C23H20FN3O3. The van der Waals surface area contributed by atoms with Crippen LogP contribution in [-0.4, -0.2) is 35.3 Å². The van der Waals surface area contributed by atoms with Crippen LogP contribution in [-0.2, 0) is 16.0 Å². The summed E-state index contributed by atoms with van der Waals surface area (Å²) in [5, 5.41) is 2.71. The number of carbonyl (C=O) groups excluding carboxylic acids is 2. The van der Waals surface area contributed by atoms with Crippen molar-refractivity contribution < 1.29 is 18.4 Å². The third-order valence-corrected chi connectivity index (χ3v) is 4.37. The molecule has 3 rings (SSSR count). The minimum Gasteiger partial charge on any atom is -0.441 e. The fourth-order valence-electron chi connectivity index (χ4n) is 2.81. The van der Waals surface area contributed by atoms with Gasteiger partial charge >= 0.3 is 0 Å². The first-order chi connectivity index (χ1) is 14.5. The van der Waals surface area contributed by atoms with Crippen molar-refractivity contribution in [1.82, 2.24) is 9.88 Å². The van der Waals surface area contributed by atoms with E-state index < -0.39 is 5.82 Å². The molecule has 0 spiro atoms. The molecular weight excluding hydrogens is 385 g/mol. The zero-order valence-electron chi connectivity index (χ0n) is 16.4. The molecule has 2 amide bonds. The molecule has 2 aromatic carbocycles. The second kappa shape index (κ2) is 9.52. The molecule has 1 aromatic heterocycles. The van der Waals surface area contributed by atoms with Crippen LogP contribution >= 0.6 is 0 Å². The molecule has 0 bridgehead atoms. The normalized spacial score (nSPS) is 10.3. The average molecular weight is 405 g/mol. The Hall–Kier alpha value is -3.92. The van der Waals surface area contributed by atoms with Crippen LogP contribution in [0.2, 0.25) is 0 Å². The van der Waals surface area contributed by atoms with E-state index in [1.54, 1.807) is 49.5 Å². The van der Waals surface area contributed by atoms with Crippen LogP contribution in [0.3, 0.4) is 0 Å². The summed E-state index contributed by atoms with van der Waals surface area (Å²) in [6.07, 6.45) is 7.12. The third kappa shape index (κ3) is 5.32. The topological polar surface area (TPSA) is 75.4 Å². The number of oxazole rings is 1. The largest absolute Gasteiger partial charge is 0.441 e. The van der Waals surface area contributed by atoms with Gasteiger partial charge in [0.15, 0.2) is 11.7 Å². The number of nitrogens with one attached hydrogen (secondary N) is 1. The minimum atomic E-state index is -0.408. The van der Waals surface area contributed by atoms with Crippen molar-refractivity contribution in [3.63, 3.8) is 0 Å². The van der Waals surface area contributed by atoms with Gasteiger partial charge in [0.25, 0.3) is 0 Å². The van der Waals surface area contributed by atoms with Gasteiger partial charge in [-0.2, -0.15) is 0 Å². The molecule has 152 valence electrons. The van der Waals surface area contributed by atoms with Gasteiger partial charge in [0, 0.05) is 31.1 Å². The number of rotatable bonds is 7. The Kier molecular flexibility index (Phi) is 6.60. The molecule has 6 nitrogen and oxygen atoms in total. The van der Waals surface area contributed by atoms with Crippen LogP contribution < -0.4 is 5.32 Å². The van der Waals surface area contributed by atoms with Gasteiger partial charge in [-0.25, -0.2) is 9.37 Å². The van der Waals surface area contributed by atoms with Gasteiger partial charge in [-0.15, -0.1) is 6.42 Å². The smallest absolute Gasteiger partial charge is 0.243 e. The SMILES string of the molecule is C#Cc1cccc(NC(=O)CN(C)C(=O)CCc2ncc(-c3ccccc3F)o2)c1. The number of likely N-dealkylation sites (N-methyl/N-ethyl adjacent to an activating group) is 1. The monoisotopic (exact) mass is 405 g/mol. The van der Waals surface area contributed by atoms with E-state index >= 15 is 0 Å². The van der Waals surface area contributed by atoms with Crippen LogP contribution in [0.25, 0.3) is 11.3 Å². The number of hydrogen-bond acceptors (Lipinski definition) is 4. The minimum absolute atomic E-state index is 0.105. The molecule has 0 atom stereocenters. The van der Waals surface area contributed by atoms with Crippen LogP contribution in [0.5, 0.6) is 0 Å². The second-order valence-electron chi connectivity index (χ2n) is 6.62. The van der Waals surface area contributed by atoms with E-state index in [4.69, 9.17) is 10.8 Å². The maximum atomic E-state index is 13.8. The van der Waals surface area contributed by atoms with E-state index in [1.807, 2.05) is 0 Å². The molecule has 30 heavy (non-hydrogen) atoms. The Morgan fingerprint density at radius 2 is 2.03 bits per heavy atom. The number of carbonyl (C=O) groups is 2.